The molecule has 3 aromatic carbocycles. The third-order valence-corrected chi connectivity index (χ3v) is 7.97. The van der Waals surface area contributed by atoms with Crippen LogP contribution < -0.4 is 5.32 Å². The van der Waals surface area contributed by atoms with Crippen molar-refractivity contribution >= 4 is 32.5 Å². The van der Waals surface area contributed by atoms with Gasteiger partial charge in [-0.15, -0.1) is 0 Å². The van der Waals surface area contributed by atoms with Crippen LogP contribution in [0, 0.1) is 0 Å². The maximum atomic E-state index is 13.8. The summed E-state index contributed by atoms with van der Waals surface area (Å²) in [7, 11) is -3.46. The summed E-state index contributed by atoms with van der Waals surface area (Å²) in [6.45, 7) is 7.05. The van der Waals surface area contributed by atoms with E-state index in [2.05, 4.69) is 5.32 Å². The Morgan fingerprint density at radius 1 is 0.944 bits per heavy atom. The van der Waals surface area contributed by atoms with Crippen LogP contribution in [0.3, 0.4) is 0 Å². The molecule has 1 fully saturated rings. The van der Waals surface area contributed by atoms with Crippen LogP contribution in [0.15, 0.2) is 71.6 Å². The summed E-state index contributed by atoms with van der Waals surface area (Å²) in [5.41, 5.74) is 0.249. The standard InChI is InChI=1S/C28H32N2O5S/c1-28(2,3)35-27(32)25-14-13-24(22-11-7-8-12-23(22)25)26(31)30-17-16-29-19-20(30)15-18-36(33,34)21-9-5-4-6-10-21/h4-14,20,29H,15-19H2,1-3H3/t20-/m0/s1. The molecule has 4 rings (SSSR count). The van der Waals surface area contributed by atoms with Gasteiger partial charge in [0.2, 0.25) is 0 Å². The van der Waals surface area contributed by atoms with Gasteiger partial charge in [-0.25, -0.2) is 13.2 Å². The molecule has 8 heteroatoms. The van der Waals surface area contributed by atoms with E-state index in [9.17, 15) is 18.0 Å². The van der Waals surface area contributed by atoms with Gasteiger partial charge < -0.3 is 15.0 Å². The number of benzene rings is 3. The minimum atomic E-state index is -3.46. The van der Waals surface area contributed by atoms with Crippen molar-refractivity contribution in [3.63, 3.8) is 0 Å². The van der Waals surface area contributed by atoms with E-state index >= 15 is 0 Å². The average molecular weight is 509 g/mol. The van der Waals surface area contributed by atoms with E-state index in [1.54, 1.807) is 47.4 Å². The maximum absolute atomic E-state index is 13.8. The number of nitrogens with one attached hydrogen (secondary N) is 1. The Kier molecular flexibility index (Phi) is 7.47. The summed E-state index contributed by atoms with van der Waals surface area (Å²) in [5.74, 6) is -0.666. The number of fused-ring (bicyclic) bond motifs is 1. The molecule has 0 bridgehead atoms. The van der Waals surface area contributed by atoms with Crippen LogP contribution in [0.5, 0.6) is 0 Å². The third-order valence-electron chi connectivity index (χ3n) is 6.21. The van der Waals surface area contributed by atoms with Crippen molar-refractivity contribution in [1.29, 1.82) is 0 Å². The molecule has 1 N–H and O–H groups in total. The first kappa shape index (κ1) is 25.9. The Bertz CT molecular complexity index is 1360. The number of hydrogen-bond acceptors (Lipinski definition) is 6. The van der Waals surface area contributed by atoms with Crippen LogP contribution >= 0.6 is 0 Å². The monoisotopic (exact) mass is 508 g/mol. The quantitative estimate of drug-likeness (QED) is 0.505. The van der Waals surface area contributed by atoms with Gasteiger partial charge in [-0.05, 0) is 62.2 Å². The molecule has 0 spiro atoms. The number of carbonyl (C=O) groups excluding carboxylic acids is 2. The smallest absolute Gasteiger partial charge is 0.339 e. The molecule has 1 heterocycles. The number of nitrogens with zero attached hydrogens (tertiary/aromatic N) is 1. The zero-order valence-corrected chi connectivity index (χ0v) is 21.7. The van der Waals surface area contributed by atoms with Gasteiger partial charge >= 0.3 is 5.97 Å². The molecule has 190 valence electrons. The molecule has 1 amide bonds. The van der Waals surface area contributed by atoms with E-state index in [0.29, 0.717) is 48.0 Å². The van der Waals surface area contributed by atoms with Crippen molar-refractivity contribution in [2.45, 2.75) is 43.7 Å². The van der Waals surface area contributed by atoms with E-state index in [0.717, 1.165) is 0 Å². The fourth-order valence-electron chi connectivity index (χ4n) is 4.47. The predicted octanol–water partition coefficient (Wildman–Crippen LogP) is 4.07. The van der Waals surface area contributed by atoms with Gasteiger partial charge in [0.1, 0.15) is 5.60 Å². The molecule has 1 atom stereocenters. The van der Waals surface area contributed by atoms with E-state index in [1.165, 1.54) is 0 Å². The van der Waals surface area contributed by atoms with Crippen molar-refractivity contribution in [2.75, 3.05) is 25.4 Å². The van der Waals surface area contributed by atoms with Crippen LogP contribution in [0.1, 0.15) is 47.9 Å². The second-order valence-electron chi connectivity index (χ2n) is 9.99. The zero-order chi connectivity index (χ0) is 25.9. The van der Waals surface area contributed by atoms with Crippen LogP contribution in [-0.4, -0.2) is 62.2 Å². The lowest BCUT2D eigenvalue weighted by Gasteiger charge is -2.36. The predicted molar refractivity (Wildman–Crippen MR) is 140 cm³/mol. The minimum Gasteiger partial charge on any atom is -0.456 e. The minimum absolute atomic E-state index is 0.0501. The highest BCUT2D eigenvalue weighted by atomic mass is 32.2. The van der Waals surface area contributed by atoms with Gasteiger partial charge in [0, 0.05) is 31.2 Å². The molecule has 1 saturated heterocycles. The largest absolute Gasteiger partial charge is 0.456 e. The molecule has 0 saturated carbocycles. The highest BCUT2D eigenvalue weighted by molar-refractivity contribution is 7.91. The van der Waals surface area contributed by atoms with Gasteiger partial charge in [0.15, 0.2) is 9.84 Å². The summed E-state index contributed by atoms with van der Waals surface area (Å²) >= 11 is 0. The molecule has 1 aliphatic heterocycles. The molecular formula is C28H32N2O5S. The number of amides is 1. The summed E-state index contributed by atoms with van der Waals surface area (Å²) in [6.07, 6.45) is 0.323. The van der Waals surface area contributed by atoms with Crippen LogP contribution in [0.2, 0.25) is 0 Å². The molecule has 0 radical (unpaired) electrons. The van der Waals surface area contributed by atoms with Gasteiger partial charge in [-0.2, -0.15) is 0 Å². The molecule has 36 heavy (non-hydrogen) atoms. The lowest BCUT2D eigenvalue weighted by atomic mass is 9.97. The van der Waals surface area contributed by atoms with Crippen LogP contribution in [-0.2, 0) is 14.6 Å². The fourth-order valence-corrected chi connectivity index (χ4v) is 5.86. The average Bonchev–Trinajstić information content (AvgIpc) is 2.86. The highest BCUT2D eigenvalue weighted by Gasteiger charge is 2.30. The van der Waals surface area contributed by atoms with E-state index in [-0.39, 0.29) is 22.6 Å². The summed E-state index contributed by atoms with van der Waals surface area (Å²) in [6, 6.07) is 18.7. The Hall–Kier alpha value is -3.23. The number of hydrogen-bond donors (Lipinski definition) is 1. The molecule has 7 nitrogen and oxygen atoms in total. The Labute approximate surface area is 212 Å². The molecule has 0 aliphatic carbocycles. The SMILES string of the molecule is CC(C)(C)OC(=O)c1ccc(C(=O)N2CCNC[C@@H]2CCS(=O)(=O)c2ccccc2)c2ccccc12. The summed E-state index contributed by atoms with van der Waals surface area (Å²) in [5, 5.41) is 4.60. The van der Waals surface area contributed by atoms with E-state index in [1.807, 2.05) is 45.0 Å². The number of piperazine rings is 1. The van der Waals surface area contributed by atoms with Crippen molar-refractivity contribution in [3.8, 4) is 0 Å². The number of ether oxygens (including phenoxy) is 1. The Balaban J connectivity index is 1.60. The fraction of sp³-hybridized carbons (Fsp3) is 0.357. The summed E-state index contributed by atoms with van der Waals surface area (Å²) in [4.78, 5) is 28.6. The Morgan fingerprint density at radius 2 is 1.56 bits per heavy atom. The highest BCUT2D eigenvalue weighted by Crippen LogP contribution is 2.27. The topological polar surface area (TPSA) is 92.8 Å². The van der Waals surface area contributed by atoms with Gasteiger partial charge in [0.25, 0.3) is 5.91 Å². The first-order valence-corrected chi connectivity index (χ1v) is 13.8. The normalized spacial score (nSPS) is 16.6. The first-order valence-electron chi connectivity index (χ1n) is 12.1. The van der Waals surface area contributed by atoms with E-state index in [4.69, 9.17) is 4.74 Å². The third kappa shape index (κ3) is 5.77. The number of sulfone groups is 1. The summed E-state index contributed by atoms with van der Waals surface area (Å²) < 4.78 is 31.2. The Morgan fingerprint density at radius 3 is 2.22 bits per heavy atom. The number of rotatable bonds is 6. The number of carbonyl (C=O) groups is 2. The lowest BCUT2D eigenvalue weighted by molar-refractivity contribution is 0.00715. The zero-order valence-electron chi connectivity index (χ0n) is 20.9. The molecule has 0 unspecified atom stereocenters. The van der Waals surface area contributed by atoms with Crippen LogP contribution in [0.25, 0.3) is 10.8 Å². The van der Waals surface area contributed by atoms with Crippen molar-refractivity contribution in [2.24, 2.45) is 0 Å². The van der Waals surface area contributed by atoms with Crippen molar-refractivity contribution in [1.82, 2.24) is 10.2 Å². The van der Waals surface area contributed by atoms with Gasteiger partial charge in [-0.3, -0.25) is 4.79 Å². The number of esters is 1. The molecule has 0 aromatic heterocycles. The van der Waals surface area contributed by atoms with Crippen LogP contribution in [0.4, 0.5) is 0 Å². The lowest BCUT2D eigenvalue weighted by Crippen LogP contribution is -2.54. The van der Waals surface area contributed by atoms with Gasteiger partial charge in [0.05, 0.1) is 16.2 Å². The second-order valence-corrected chi connectivity index (χ2v) is 12.1. The van der Waals surface area contributed by atoms with E-state index < -0.39 is 21.4 Å². The molecule has 1 aliphatic rings. The van der Waals surface area contributed by atoms with Gasteiger partial charge in [-0.1, -0.05) is 42.5 Å². The first-order chi connectivity index (χ1) is 17.1. The van der Waals surface area contributed by atoms with Crippen molar-refractivity contribution < 1.29 is 22.7 Å². The maximum Gasteiger partial charge on any atom is 0.339 e. The second kappa shape index (κ2) is 10.4. The molecule has 3 aromatic rings. The van der Waals surface area contributed by atoms with Crippen molar-refractivity contribution in [3.05, 3.63) is 77.9 Å². The molecular weight excluding hydrogens is 476 g/mol.